The molecule has 0 bridgehead atoms. The molecular formula is C16H19NO5. The van der Waals surface area contributed by atoms with Crippen molar-refractivity contribution in [1.82, 2.24) is 4.90 Å². The first kappa shape index (κ1) is 14.8. The van der Waals surface area contributed by atoms with E-state index in [1.54, 1.807) is 7.11 Å². The molecule has 3 unspecified atom stereocenters. The molecule has 0 spiro atoms. The summed E-state index contributed by atoms with van der Waals surface area (Å²) in [5.74, 6) is -0.299. The second kappa shape index (κ2) is 5.96. The summed E-state index contributed by atoms with van der Waals surface area (Å²) < 4.78 is 10.4. The van der Waals surface area contributed by atoms with Crippen LogP contribution in [-0.4, -0.2) is 54.8 Å². The topological polar surface area (TPSA) is 76.1 Å². The maximum atomic E-state index is 12.6. The van der Waals surface area contributed by atoms with E-state index in [0.717, 1.165) is 17.7 Å². The number of carboxylic acids is 1. The average Bonchev–Trinajstić information content (AvgIpc) is 3.35. The van der Waals surface area contributed by atoms with Gasteiger partial charge in [0.05, 0.1) is 20.3 Å². The van der Waals surface area contributed by atoms with Gasteiger partial charge in [0.2, 0.25) is 5.91 Å². The molecule has 2 fully saturated rings. The summed E-state index contributed by atoms with van der Waals surface area (Å²) in [4.78, 5) is 25.3. The van der Waals surface area contributed by atoms with Crippen LogP contribution in [0.25, 0.3) is 0 Å². The number of rotatable bonds is 4. The van der Waals surface area contributed by atoms with Gasteiger partial charge in [-0.3, -0.25) is 4.79 Å². The molecule has 1 saturated carbocycles. The van der Waals surface area contributed by atoms with E-state index >= 15 is 0 Å². The molecule has 1 aliphatic carbocycles. The van der Waals surface area contributed by atoms with Gasteiger partial charge in [0.1, 0.15) is 5.75 Å². The number of nitrogens with zero attached hydrogens (tertiary/aromatic N) is 1. The van der Waals surface area contributed by atoms with Gasteiger partial charge in [-0.2, -0.15) is 0 Å². The molecule has 118 valence electrons. The lowest BCUT2D eigenvalue weighted by molar-refractivity contribution is -0.158. The molecule has 0 radical (unpaired) electrons. The van der Waals surface area contributed by atoms with Gasteiger partial charge in [-0.1, -0.05) is 12.1 Å². The number of hydrogen-bond acceptors (Lipinski definition) is 4. The summed E-state index contributed by atoms with van der Waals surface area (Å²) in [6.07, 6.45) is 0.760. The molecule has 6 nitrogen and oxygen atoms in total. The van der Waals surface area contributed by atoms with Crippen molar-refractivity contribution in [2.24, 2.45) is 5.92 Å². The molecule has 3 rings (SSSR count). The van der Waals surface area contributed by atoms with Crippen LogP contribution in [0.3, 0.4) is 0 Å². The summed E-state index contributed by atoms with van der Waals surface area (Å²) in [5.41, 5.74) is 1.07. The normalized spacial score (nSPS) is 27.3. The molecule has 1 N–H and O–H groups in total. The number of aliphatic carboxylic acids is 1. The zero-order valence-electron chi connectivity index (χ0n) is 12.4. The molecule has 1 heterocycles. The molecule has 1 aromatic carbocycles. The second-order valence-corrected chi connectivity index (χ2v) is 5.69. The molecule has 6 heteroatoms. The fourth-order valence-corrected chi connectivity index (χ4v) is 2.99. The SMILES string of the molecule is COc1cccc(C2CC2C(=O)N2CCOCC2C(=O)O)c1. The van der Waals surface area contributed by atoms with Crippen molar-refractivity contribution in [2.45, 2.75) is 18.4 Å². The molecular weight excluding hydrogens is 286 g/mol. The summed E-state index contributed by atoms with van der Waals surface area (Å²) in [5, 5.41) is 9.22. The first-order valence-electron chi connectivity index (χ1n) is 7.37. The smallest absolute Gasteiger partial charge is 0.328 e. The Kier molecular flexibility index (Phi) is 4.02. The summed E-state index contributed by atoms with van der Waals surface area (Å²) in [6.45, 7) is 0.806. The van der Waals surface area contributed by atoms with Crippen LogP contribution in [0.1, 0.15) is 17.9 Å². The molecule has 22 heavy (non-hydrogen) atoms. The van der Waals surface area contributed by atoms with Gasteiger partial charge in [-0.15, -0.1) is 0 Å². The molecule has 0 aromatic heterocycles. The Labute approximate surface area is 128 Å². The summed E-state index contributed by atoms with van der Waals surface area (Å²) >= 11 is 0. The molecule has 1 amide bonds. The van der Waals surface area contributed by atoms with Gasteiger partial charge in [-0.05, 0) is 30.0 Å². The lowest BCUT2D eigenvalue weighted by Crippen LogP contribution is -2.53. The highest BCUT2D eigenvalue weighted by molar-refractivity contribution is 5.88. The Bertz CT molecular complexity index is 588. The third kappa shape index (κ3) is 2.78. The highest BCUT2D eigenvalue weighted by atomic mass is 16.5. The molecule has 1 saturated heterocycles. The highest BCUT2D eigenvalue weighted by Gasteiger charge is 2.48. The van der Waals surface area contributed by atoms with Crippen molar-refractivity contribution in [3.05, 3.63) is 29.8 Å². The van der Waals surface area contributed by atoms with Gasteiger partial charge < -0.3 is 19.5 Å². The Morgan fingerprint density at radius 2 is 2.23 bits per heavy atom. The molecule has 2 aliphatic rings. The number of benzene rings is 1. The molecule has 3 atom stereocenters. The van der Waals surface area contributed by atoms with E-state index in [1.165, 1.54) is 4.90 Å². The first-order chi connectivity index (χ1) is 10.6. The Morgan fingerprint density at radius 3 is 2.95 bits per heavy atom. The Balaban J connectivity index is 1.70. The predicted molar refractivity (Wildman–Crippen MR) is 77.8 cm³/mol. The number of amides is 1. The van der Waals surface area contributed by atoms with E-state index in [1.807, 2.05) is 24.3 Å². The number of morpholine rings is 1. The quantitative estimate of drug-likeness (QED) is 0.902. The Hall–Kier alpha value is -2.08. The third-order valence-corrected chi connectivity index (χ3v) is 4.33. The maximum Gasteiger partial charge on any atom is 0.328 e. The lowest BCUT2D eigenvalue weighted by atomic mass is 10.1. The van der Waals surface area contributed by atoms with Crippen LogP contribution in [0, 0.1) is 5.92 Å². The van der Waals surface area contributed by atoms with E-state index in [0.29, 0.717) is 13.2 Å². The van der Waals surface area contributed by atoms with Gasteiger partial charge in [0.15, 0.2) is 6.04 Å². The third-order valence-electron chi connectivity index (χ3n) is 4.33. The standard InChI is InChI=1S/C16H19NO5/c1-21-11-4-2-3-10(7-11)12-8-13(12)15(18)17-5-6-22-9-14(17)16(19)20/h2-4,7,12-14H,5-6,8-9H2,1H3,(H,19,20). The van der Waals surface area contributed by atoms with Crippen molar-refractivity contribution in [3.63, 3.8) is 0 Å². The van der Waals surface area contributed by atoms with E-state index in [2.05, 4.69) is 0 Å². The van der Waals surface area contributed by atoms with Crippen molar-refractivity contribution >= 4 is 11.9 Å². The fourth-order valence-electron chi connectivity index (χ4n) is 2.99. The second-order valence-electron chi connectivity index (χ2n) is 5.69. The van der Waals surface area contributed by atoms with Crippen LogP contribution in [0.15, 0.2) is 24.3 Å². The van der Waals surface area contributed by atoms with Gasteiger partial charge in [-0.25, -0.2) is 4.79 Å². The van der Waals surface area contributed by atoms with Gasteiger partial charge >= 0.3 is 5.97 Å². The van der Waals surface area contributed by atoms with Crippen molar-refractivity contribution < 1.29 is 24.2 Å². The van der Waals surface area contributed by atoms with Crippen LogP contribution in [0.4, 0.5) is 0 Å². The fraction of sp³-hybridized carbons (Fsp3) is 0.500. The Morgan fingerprint density at radius 1 is 1.41 bits per heavy atom. The largest absolute Gasteiger partial charge is 0.497 e. The van der Waals surface area contributed by atoms with Crippen LogP contribution < -0.4 is 4.74 Å². The lowest BCUT2D eigenvalue weighted by Gasteiger charge is -2.33. The number of hydrogen-bond donors (Lipinski definition) is 1. The monoisotopic (exact) mass is 305 g/mol. The van der Waals surface area contributed by atoms with Gasteiger partial charge in [0, 0.05) is 12.5 Å². The van der Waals surface area contributed by atoms with E-state index in [9.17, 15) is 14.7 Å². The van der Waals surface area contributed by atoms with E-state index in [4.69, 9.17) is 9.47 Å². The summed E-state index contributed by atoms with van der Waals surface area (Å²) in [6, 6.07) is 6.82. The van der Waals surface area contributed by atoms with Crippen LogP contribution in [0.5, 0.6) is 5.75 Å². The highest BCUT2D eigenvalue weighted by Crippen LogP contribution is 2.49. The van der Waals surface area contributed by atoms with Crippen LogP contribution >= 0.6 is 0 Å². The summed E-state index contributed by atoms with van der Waals surface area (Å²) in [7, 11) is 1.61. The van der Waals surface area contributed by atoms with E-state index in [-0.39, 0.29) is 24.3 Å². The van der Waals surface area contributed by atoms with E-state index < -0.39 is 12.0 Å². The predicted octanol–water partition coefficient (Wildman–Crippen LogP) is 1.11. The maximum absolute atomic E-state index is 12.6. The zero-order chi connectivity index (χ0) is 15.7. The van der Waals surface area contributed by atoms with Crippen molar-refractivity contribution in [1.29, 1.82) is 0 Å². The van der Waals surface area contributed by atoms with Gasteiger partial charge in [0.25, 0.3) is 0 Å². The minimum absolute atomic E-state index is 0.0671. The van der Waals surface area contributed by atoms with Crippen molar-refractivity contribution in [3.8, 4) is 5.75 Å². The number of ether oxygens (including phenoxy) is 2. The number of carboxylic acid groups (broad SMARTS) is 1. The van der Waals surface area contributed by atoms with Crippen LogP contribution in [0.2, 0.25) is 0 Å². The first-order valence-corrected chi connectivity index (χ1v) is 7.37. The molecule has 1 aliphatic heterocycles. The number of carbonyl (C=O) groups is 2. The minimum atomic E-state index is -1.01. The minimum Gasteiger partial charge on any atom is -0.497 e. The van der Waals surface area contributed by atoms with Crippen LogP contribution in [-0.2, 0) is 14.3 Å². The zero-order valence-corrected chi connectivity index (χ0v) is 12.4. The number of methoxy groups -OCH3 is 1. The number of carbonyl (C=O) groups excluding carboxylic acids is 1. The van der Waals surface area contributed by atoms with Crippen molar-refractivity contribution in [2.75, 3.05) is 26.9 Å². The average molecular weight is 305 g/mol. The molecule has 1 aromatic rings.